The Kier molecular flexibility index (Phi) is 22.8. The van der Waals surface area contributed by atoms with Gasteiger partial charge in [-0.3, -0.25) is 0 Å². The van der Waals surface area contributed by atoms with Gasteiger partial charge in [0.15, 0.2) is 0 Å². The first kappa shape index (κ1) is 27.3. The molecule has 0 rings (SSSR count). The van der Waals surface area contributed by atoms with E-state index in [0.29, 0.717) is 0 Å². The molecule has 2 unspecified atom stereocenters. The van der Waals surface area contributed by atoms with Gasteiger partial charge in [0.2, 0.25) is 0 Å². The number of aliphatic hydroxyl groups is 2. The maximum Gasteiger partial charge on any atom is 0.0630 e. The number of thioether (sulfide) groups is 1. The molecule has 3 heteroatoms. The second-order valence-corrected chi connectivity index (χ2v) is 9.45. The molecule has 0 saturated heterocycles. The van der Waals surface area contributed by atoms with Crippen molar-refractivity contribution in [1.82, 2.24) is 0 Å². The Labute approximate surface area is 175 Å². The molecule has 164 valence electrons. The van der Waals surface area contributed by atoms with E-state index in [0.717, 1.165) is 37.2 Å². The van der Waals surface area contributed by atoms with Gasteiger partial charge in [-0.25, -0.2) is 0 Å². The highest BCUT2D eigenvalue weighted by atomic mass is 32.2. The maximum atomic E-state index is 10.1. The van der Waals surface area contributed by atoms with Gasteiger partial charge in [-0.05, 0) is 12.8 Å². The van der Waals surface area contributed by atoms with Crippen molar-refractivity contribution in [3.63, 3.8) is 0 Å². The number of rotatable bonds is 22. The van der Waals surface area contributed by atoms with Gasteiger partial charge in [0.05, 0.1) is 12.2 Å². The lowest BCUT2D eigenvalue weighted by Crippen LogP contribution is -2.14. The van der Waals surface area contributed by atoms with Gasteiger partial charge in [0, 0.05) is 11.5 Å². The fraction of sp³-hybridized carbons (Fsp3) is 1.00. The summed E-state index contributed by atoms with van der Waals surface area (Å²) in [6.45, 7) is 4.52. The minimum absolute atomic E-state index is 0.189. The molecule has 0 fully saturated rings. The highest BCUT2D eigenvalue weighted by Gasteiger charge is 2.08. The van der Waals surface area contributed by atoms with Crippen LogP contribution in [0.2, 0.25) is 0 Å². The van der Waals surface area contributed by atoms with E-state index in [-0.39, 0.29) is 12.2 Å². The fourth-order valence-electron chi connectivity index (χ4n) is 3.53. The van der Waals surface area contributed by atoms with Crippen molar-refractivity contribution in [3.8, 4) is 0 Å². The van der Waals surface area contributed by atoms with Gasteiger partial charge in [-0.2, -0.15) is 11.8 Å². The summed E-state index contributed by atoms with van der Waals surface area (Å²) in [5.41, 5.74) is 0. The molecule has 0 heterocycles. The molecule has 2 atom stereocenters. The summed E-state index contributed by atoms with van der Waals surface area (Å²) < 4.78 is 0. The summed E-state index contributed by atoms with van der Waals surface area (Å²) in [6.07, 6.45) is 22.6. The van der Waals surface area contributed by atoms with Crippen LogP contribution in [0.25, 0.3) is 0 Å². The number of aliphatic hydroxyl groups excluding tert-OH is 2. The highest BCUT2D eigenvalue weighted by molar-refractivity contribution is 7.99. The van der Waals surface area contributed by atoms with Crippen molar-refractivity contribution in [2.45, 2.75) is 142 Å². The highest BCUT2D eigenvalue weighted by Crippen LogP contribution is 2.16. The normalized spacial score (nSPS) is 13.8. The van der Waals surface area contributed by atoms with Crippen LogP contribution in [0.4, 0.5) is 0 Å². The maximum absolute atomic E-state index is 10.1. The third kappa shape index (κ3) is 22.4. The van der Waals surface area contributed by atoms with Gasteiger partial charge < -0.3 is 10.2 Å². The van der Waals surface area contributed by atoms with Crippen molar-refractivity contribution in [1.29, 1.82) is 0 Å². The molecule has 0 amide bonds. The molecule has 0 aliphatic carbocycles. The lowest BCUT2D eigenvalue weighted by Gasteiger charge is -2.13. The Morgan fingerprint density at radius 3 is 1.11 bits per heavy atom. The van der Waals surface area contributed by atoms with Crippen LogP contribution < -0.4 is 0 Å². The molecule has 0 aliphatic heterocycles. The number of unbranched alkanes of at least 4 members (excludes halogenated alkanes) is 14. The average Bonchev–Trinajstić information content (AvgIpc) is 2.66. The monoisotopic (exact) mass is 402 g/mol. The van der Waals surface area contributed by atoms with E-state index in [1.165, 1.54) is 89.9 Å². The summed E-state index contributed by atoms with van der Waals surface area (Å²) in [5.74, 6) is 1.57. The second kappa shape index (κ2) is 22.6. The summed E-state index contributed by atoms with van der Waals surface area (Å²) in [4.78, 5) is 0. The van der Waals surface area contributed by atoms with Gasteiger partial charge >= 0.3 is 0 Å². The van der Waals surface area contributed by atoms with E-state index in [1.807, 2.05) is 0 Å². The molecule has 0 aromatic carbocycles. The van der Waals surface area contributed by atoms with E-state index in [4.69, 9.17) is 0 Å². The average molecular weight is 403 g/mol. The van der Waals surface area contributed by atoms with Crippen LogP contribution in [0.3, 0.4) is 0 Å². The smallest absolute Gasteiger partial charge is 0.0630 e. The quantitative estimate of drug-likeness (QED) is 0.184. The predicted molar refractivity (Wildman–Crippen MR) is 124 cm³/mol. The van der Waals surface area contributed by atoms with Crippen molar-refractivity contribution in [3.05, 3.63) is 0 Å². The van der Waals surface area contributed by atoms with Gasteiger partial charge in [-0.1, -0.05) is 117 Å². The molecule has 0 spiro atoms. The third-order valence-electron chi connectivity index (χ3n) is 5.40. The van der Waals surface area contributed by atoms with Crippen molar-refractivity contribution in [2.24, 2.45) is 0 Å². The van der Waals surface area contributed by atoms with Crippen LogP contribution in [-0.4, -0.2) is 33.9 Å². The largest absolute Gasteiger partial charge is 0.392 e. The fourth-order valence-corrected chi connectivity index (χ4v) is 4.55. The summed E-state index contributed by atoms with van der Waals surface area (Å²) in [7, 11) is 0. The zero-order valence-corrected chi connectivity index (χ0v) is 19.4. The topological polar surface area (TPSA) is 40.5 Å². The minimum atomic E-state index is -0.189. The van der Waals surface area contributed by atoms with Crippen LogP contribution in [0, 0.1) is 0 Å². The SMILES string of the molecule is CCCCCCCCCCC(O)CSCC(O)CCCCCCCCCC. The minimum Gasteiger partial charge on any atom is -0.392 e. The van der Waals surface area contributed by atoms with Crippen LogP contribution in [0.1, 0.15) is 129 Å². The van der Waals surface area contributed by atoms with Crippen LogP contribution in [0.5, 0.6) is 0 Å². The first-order chi connectivity index (χ1) is 13.2. The standard InChI is InChI=1S/C24H50O2S/c1-3-5-7-9-11-13-15-17-19-23(25)21-27-22-24(26)20-18-16-14-12-10-8-6-4-2/h23-26H,3-22H2,1-2H3. The molecular weight excluding hydrogens is 352 g/mol. The number of hydrogen-bond donors (Lipinski definition) is 2. The van der Waals surface area contributed by atoms with E-state index in [1.54, 1.807) is 11.8 Å². The van der Waals surface area contributed by atoms with Crippen molar-refractivity contribution in [2.75, 3.05) is 11.5 Å². The molecular formula is C24H50O2S. The van der Waals surface area contributed by atoms with Gasteiger partial charge in [0.1, 0.15) is 0 Å². The Morgan fingerprint density at radius 2 is 0.778 bits per heavy atom. The molecule has 0 aromatic rings. The molecule has 0 bridgehead atoms. The van der Waals surface area contributed by atoms with Crippen LogP contribution in [0.15, 0.2) is 0 Å². The lowest BCUT2D eigenvalue weighted by molar-refractivity contribution is 0.179. The predicted octanol–water partition coefficient (Wildman–Crippen LogP) is 7.50. The Morgan fingerprint density at radius 1 is 0.481 bits per heavy atom. The molecule has 0 aromatic heterocycles. The third-order valence-corrected chi connectivity index (χ3v) is 6.64. The van der Waals surface area contributed by atoms with E-state index < -0.39 is 0 Å². The molecule has 0 saturated carbocycles. The zero-order valence-electron chi connectivity index (χ0n) is 18.6. The Bertz CT molecular complexity index is 247. The van der Waals surface area contributed by atoms with E-state index in [2.05, 4.69) is 13.8 Å². The summed E-state index contributed by atoms with van der Waals surface area (Å²) >= 11 is 1.72. The summed E-state index contributed by atoms with van der Waals surface area (Å²) in [6, 6.07) is 0. The lowest BCUT2D eigenvalue weighted by atomic mass is 10.1. The van der Waals surface area contributed by atoms with E-state index >= 15 is 0 Å². The summed E-state index contributed by atoms with van der Waals surface area (Å²) in [5, 5.41) is 20.1. The Balaban J connectivity index is 3.29. The second-order valence-electron chi connectivity index (χ2n) is 8.37. The molecule has 2 nitrogen and oxygen atoms in total. The Hall–Kier alpha value is 0.270. The van der Waals surface area contributed by atoms with Crippen LogP contribution >= 0.6 is 11.8 Å². The first-order valence-electron chi connectivity index (χ1n) is 12.1. The van der Waals surface area contributed by atoms with E-state index in [9.17, 15) is 10.2 Å². The molecule has 27 heavy (non-hydrogen) atoms. The van der Waals surface area contributed by atoms with Crippen molar-refractivity contribution >= 4 is 11.8 Å². The van der Waals surface area contributed by atoms with Crippen LogP contribution in [-0.2, 0) is 0 Å². The molecule has 0 aliphatic rings. The van der Waals surface area contributed by atoms with Crippen molar-refractivity contribution < 1.29 is 10.2 Å². The molecule has 2 N–H and O–H groups in total. The number of hydrogen-bond acceptors (Lipinski definition) is 3. The zero-order chi connectivity index (χ0) is 20.0. The molecule has 0 radical (unpaired) electrons. The first-order valence-corrected chi connectivity index (χ1v) is 13.3. The van der Waals surface area contributed by atoms with Gasteiger partial charge in [0.25, 0.3) is 0 Å². The van der Waals surface area contributed by atoms with Gasteiger partial charge in [-0.15, -0.1) is 0 Å².